The van der Waals surface area contributed by atoms with Crippen molar-refractivity contribution < 1.29 is 0 Å². The SMILES string of the molecule is CCN1CCC(C(C)NCC2CC3CCC2C3)CC1. The lowest BCUT2D eigenvalue weighted by Crippen LogP contribution is -2.43. The molecule has 4 atom stereocenters. The summed E-state index contributed by atoms with van der Waals surface area (Å²) in [5, 5.41) is 3.89. The lowest BCUT2D eigenvalue weighted by atomic mass is 9.87. The van der Waals surface area contributed by atoms with Crippen molar-refractivity contribution in [1.29, 1.82) is 0 Å². The van der Waals surface area contributed by atoms with Gasteiger partial charge in [0.15, 0.2) is 0 Å². The maximum absolute atomic E-state index is 3.89. The van der Waals surface area contributed by atoms with Crippen LogP contribution in [0.4, 0.5) is 0 Å². The third-order valence-electron chi connectivity index (χ3n) is 6.37. The third-order valence-corrected chi connectivity index (χ3v) is 6.37. The molecule has 3 aliphatic rings. The quantitative estimate of drug-likeness (QED) is 0.821. The summed E-state index contributed by atoms with van der Waals surface area (Å²) in [6.45, 7) is 9.90. The van der Waals surface area contributed by atoms with Crippen molar-refractivity contribution in [2.45, 2.75) is 58.4 Å². The van der Waals surface area contributed by atoms with Gasteiger partial charge < -0.3 is 10.2 Å². The highest BCUT2D eigenvalue weighted by atomic mass is 15.1. The molecule has 1 saturated heterocycles. The Kier molecular flexibility index (Phi) is 4.48. The summed E-state index contributed by atoms with van der Waals surface area (Å²) in [5.41, 5.74) is 0. The van der Waals surface area contributed by atoms with E-state index in [-0.39, 0.29) is 0 Å². The Labute approximate surface area is 119 Å². The van der Waals surface area contributed by atoms with Gasteiger partial charge in [0.2, 0.25) is 0 Å². The highest BCUT2D eigenvalue weighted by Crippen LogP contribution is 2.48. The molecule has 0 radical (unpaired) electrons. The van der Waals surface area contributed by atoms with E-state index in [4.69, 9.17) is 0 Å². The Morgan fingerprint density at radius 1 is 1.11 bits per heavy atom. The zero-order valence-corrected chi connectivity index (χ0v) is 12.9. The molecular weight excluding hydrogens is 232 g/mol. The smallest absolute Gasteiger partial charge is 0.00680 e. The van der Waals surface area contributed by atoms with E-state index in [1.807, 2.05) is 0 Å². The molecule has 2 nitrogen and oxygen atoms in total. The first-order chi connectivity index (χ1) is 9.26. The molecule has 3 fully saturated rings. The van der Waals surface area contributed by atoms with Gasteiger partial charge in [0.25, 0.3) is 0 Å². The molecule has 2 aliphatic carbocycles. The second-order valence-electron chi connectivity index (χ2n) is 7.40. The predicted octanol–water partition coefficient (Wildman–Crippen LogP) is 3.13. The molecule has 1 N–H and O–H groups in total. The van der Waals surface area contributed by atoms with Gasteiger partial charge >= 0.3 is 0 Å². The average molecular weight is 264 g/mol. The molecule has 2 saturated carbocycles. The van der Waals surface area contributed by atoms with Crippen molar-refractivity contribution in [1.82, 2.24) is 10.2 Å². The van der Waals surface area contributed by atoms with Crippen LogP contribution in [0.25, 0.3) is 0 Å². The van der Waals surface area contributed by atoms with Crippen molar-refractivity contribution in [2.75, 3.05) is 26.2 Å². The Balaban J connectivity index is 1.38. The van der Waals surface area contributed by atoms with E-state index < -0.39 is 0 Å². The van der Waals surface area contributed by atoms with Crippen molar-refractivity contribution in [2.24, 2.45) is 23.7 Å². The zero-order chi connectivity index (χ0) is 13.2. The summed E-state index contributed by atoms with van der Waals surface area (Å²) in [6, 6.07) is 0.734. The minimum absolute atomic E-state index is 0.734. The summed E-state index contributed by atoms with van der Waals surface area (Å²) >= 11 is 0. The molecule has 19 heavy (non-hydrogen) atoms. The molecule has 0 amide bonds. The summed E-state index contributed by atoms with van der Waals surface area (Å²) < 4.78 is 0. The lowest BCUT2D eigenvalue weighted by Gasteiger charge is -2.35. The fraction of sp³-hybridized carbons (Fsp3) is 1.00. The molecule has 4 unspecified atom stereocenters. The number of hydrogen-bond donors (Lipinski definition) is 1. The van der Waals surface area contributed by atoms with Crippen molar-refractivity contribution in [3.63, 3.8) is 0 Å². The zero-order valence-electron chi connectivity index (χ0n) is 12.9. The first kappa shape index (κ1) is 13.9. The summed E-state index contributed by atoms with van der Waals surface area (Å²) in [7, 11) is 0. The number of hydrogen-bond acceptors (Lipinski definition) is 2. The maximum Gasteiger partial charge on any atom is 0.00680 e. The summed E-state index contributed by atoms with van der Waals surface area (Å²) in [5.74, 6) is 4.10. The maximum atomic E-state index is 3.89. The van der Waals surface area contributed by atoms with E-state index in [1.165, 1.54) is 58.3 Å². The Bertz CT molecular complexity index is 283. The van der Waals surface area contributed by atoms with E-state index in [9.17, 15) is 0 Å². The van der Waals surface area contributed by atoms with Crippen molar-refractivity contribution >= 4 is 0 Å². The van der Waals surface area contributed by atoms with Crippen LogP contribution in [0.1, 0.15) is 52.4 Å². The number of nitrogens with zero attached hydrogens (tertiary/aromatic N) is 1. The number of nitrogens with one attached hydrogen (secondary N) is 1. The summed E-state index contributed by atoms with van der Waals surface area (Å²) in [6.07, 6.45) is 8.94. The van der Waals surface area contributed by atoms with Gasteiger partial charge in [-0.2, -0.15) is 0 Å². The van der Waals surface area contributed by atoms with E-state index in [0.29, 0.717) is 0 Å². The molecule has 110 valence electrons. The van der Waals surface area contributed by atoms with E-state index in [2.05, 4.69) is 24.1 Å². The van der Waals surface area contributed by atoms with Gasteiger partial charge in [0, 0.05) is 6.04 Å². The van der Waals surface area contributed by atoms with Crippen LogP contribution >= 0.6 is 0 Å². The highest BCUT2D eigenvalue weighted by molar-refractivity contribution is 4.91. The van der Waals surface area contributed by atoms with Crippen molar-refractivity contribution in [3.05, 3.63) is 0 Å². The number of piperidine rings is 1. The Morgan fingerprint density at radius 2 is 1.89 bits per heavy atom. The first-order valence-corrected chi connectivity index (χ1v) is 8.72. The van der Waals surface area contributed by atoms with Gasteiger partial charge in [-0.15, -0.1) is 0 Å². The van der Waals surface area contributed by atoms with Gasteiger partial charge in [0.05, 0.1) is 0 Å². The van der Waals surface area contributed by atoms with E-state index >= 15 is 0 Å². The van der Waals surface area contributed by atoms with Crippen LogP contribution in [0.2, 0.25) is 0 Å². The topological polar surface area (TPSA) is 15.3 Å². The molecular formula is C17H32N2. The lowest BCUT2D eigenvalue weighted by molar-refractivity contribution is 0.164. The van der Waals surface area contributed by atoms with Crippen molar-refractivity contribution in [3.8, 4) is 0 Å². The van der Waals surface area contributed by atoms with Crippen LogP contribution in [-0.4, -0.2) is 37.1 Å². The van der Waals surface area contributed by atoms with Crippen LogP contribution in [0.5, 0.6) is 0 Å². The number of fused-ring (bicyclic) bond motifs is 2. The predicted molar refractivity (Wildman–Crippen MR) is 81.2 cm³/mol. The molecule has 1 aliphatic heterocycles. The standard InChI is InChI=1S/C17H32N2/c1-3-19-8-6-15(7-9-19)13(2)18-12-17-11-14-4-5-16(17)10-14/h13-18H,3-12H2,1-2H3. The molecule has 0 aromatic rings. The minimum atomic E-state index is 0.734. The van der Waals surface area contributed by atoms with Gasteiger partial charge in [-0.25, -0.2) is 0 Å². The summed E-state index contributed by atoms with van der Waals surface area (Å²) in [4.78, 5) is 2.60. The Hall–Kier alpha value is -0.0800. The molecule has 2 bridgehead atoms. The monoisotopic (exact) mass is 264 g/mol. The van der Waals surface area contributed by atoms with Gasteiger partial charge in [0.1, 0.15) is 0 Å². The van der Waals surface area contributed by atoms with Crippen LogP contribution in [0.15, 0.2) is 0 Å². The highest BCUT2D eigenvalue weighted by Gasteiger charge is 2.39. The number of rotatable bonds is 5. The van der Waals surface area contributed by atoms with Gasteiger partial charge in [-0.3, -0.25) is 0 Å². The molecule has 0 aromatic carbocycles. The normalized spacial score (nSPS) is 37.9. The van der Waals surface area contributed by atoms with Crippen LogP contribution < -0.4 is 5.32 Å². The average Bonchev–Trinajstić information content (AvgIpc) is 3.07. The fourth-order valence-electron chi connectivity index (χ4n) is 4.90. The molecule has 0 spiro atoms. The third kappa shape index (κ3) is 3.16. The van der Waals surface area contributed by atoms with Crippen LogP contribution in [0, 0.1) is 23.7 Å². The van der Waals surface area contributed by atoms with E-state index in [1.54, 1.807) is 6.42 Å². The van der Waals surface area contributed by atoms with Crippen LogP contribution in [-0.2, 0) is 0 Å². The van der Waals surface area contributed by atoms with E-state index in [0.717, 1.165) is 29.7 Å². The van der Waals surface area contributed by atoms with Gasteiger partial charge in [-0.05, 0) is 88.9 Å². The largest absolute Gasteiger partial charge is 0.314 e. The minimum Gasteiger partial charge on any atom is -0.314 e. The second kappa shape index (κ2) is 6.13. The first-order valence-electron chi connectivity index (χ1n) is 8.72. The molecule has 2 heteroatoms. The second-order valence-corrected chi connectivity index (χ2v) is 7.40. The molecule has 0 aromatic heterocycles. The van der Waals surface area contributed by atoms with Crippen LogP contribution in [0.3, 0.4) is 0 Å². The van der Waals surface area contributed by atoms with Gasteiger partial charge in [-0.1, -0.05) is 13.3 Å². The fourth-order valence-corrected chi connectivity index (χ4v) is 4.90. The Morgan fingerprint density at radius 3 is 2.47 bits per heavy atom. The number of likely N-dealkylation sites (tertiary alicyclic amines) is 1. The molecule has 1 heterocycles. The molecule has 3 rings (SSSR count).